The lowest BCUT2D eigenvalue weighted by Crippen LogP contribution is -2.18. The van der Waals surface area contributed by atoms with Crippen molar-refractivity contribution in [2.24, 2.45) is 0 Å². The van der Waals surface area contributed by atoms with Gasteiger partial charge in [0, 0.05) is 32.9 Å². The van der Waals surface area contributed by atoms with Crippen LogP contribution in [0.1, 0.15) is 24.0 Å². The summed E-state index contributed by atoms with van der Waals surface area (Å²) in [4.78, 5) is 0. The molecular weight excluding hydrogens is 627 g/mol. The van der Waals surface area contributed by atoms with Gasteiger partial charge in [-0.2, -0.15) is 0 Å². The Morgan fingerprint density at radius 1 is 0.562 bits per heavy atom. The molecule has 176 valence electrons. The lowest BCUT2D eigenvalue weighted by molar-refractivity contribution is 0.294. The number of ether oxygens (including phenoxy) is 2. The molecule has 2 heterocycles. The van der Waals surface area contributed by atoms with E-state index >= 15 is 0 Å². The van der Waals surface area contributed by atoms with Crippen LogP contribution in [0.25, 0.3) is 0 Å². The molecule has 2 fully saturated rings. The largest absolute Gasteiger partial charge is 0.364 e. The molecule has 0 spiro atoms. The van der Waals surface area contributed by atoms with Crippen LogP contribution >= 0.6 is 116 Å². The van der Waals surface area contributed by atoms with Gasteiger partial charge in [0.15, 0.2) is 7.59 Å². The molecule has 2 aliphatic rings. The van der Waals surface area contributed by atoms with Gasteiger partial charge in [0.2, 0.25) is 0 Å². The molecule has 2 aromatic carbocycles. The quantitative estimate of drug-likeness (QED) is 0.246. The molecular formula is C20H14Cl10O2. The van der Waals surface area contributed by atoms with Crippen LogP contribution in [0.5, 0.6) is 0 Å². The second kappa shape index (κ2) is 10.3. The standard InChI is InChI=1S/2C10H7Cl5O/c2*11-7-1-6(2-8(12)3-7)9(5-16-9)4-10(13,14)15/h2*1-3H,4-5H2. The zero-order valence-corrected chi connectivity index (χ0v) is 23.4. The number of benzene rings is 2. The summed E-state index contributed by atoms with van der Waals surface area (Å²) in [7, 11) is 0. The van der Waals surface area contributed by atoms with E-state index in [0.29, 0.717) is 33.3 Å². The second-order valence-electron chi connectivity index (χ2n) is 7.47. The highest BCUT2D eigenvalue weighted by Gasteiger charge is 2.52. The summed E-state index contributed by atoms with van der Waals surface area (Å²) in [5.74, 6) is 0. The van der Waals surface area contributed by atoms with Crippen LogP contribution in [0.2, 0.25) is 20.1 Å². The van der Waals surface area contributed by atoms with E-state index in [9.17, 15) is 0 Å². The highest BCUT2D eigenvalue weighted by molar-refractivity contribution is 6.68. The Bertz CT molecular complexity index is 855. The average molecular weight is 641 g/mol. The third kappa shape index (κ3) is 8.15. The van der Waals surface area contributed by atoms with Gasteiger partial charge in [0.25, 0.3) is 0 Å². The maximum Gasteiger partial charge on any atom is 0.193 e. The summed E-state index contributed by atoms with van der Waals surface area (Å²) in [6, 6.07) is 10.4. The van der Waals surface area contributed by atoms with Gasteiger partial charge in [0.05, 0.1) is 13.2 Å². The molecule has 12 heteroatoms. The molecule has 0 amide bonds. The van der Waals surface area contributed by atoms with E-state index in [-0.39, 0.29) is 12.8 Å². The molecule has 32 heavy (non-hydrogen) atoms. The molecule has 0 radical (unpaired) electrons. The van der Waals surface area contributed by atoms with Crippen LogP contribution in [-0.2, 0) is 20.7 Å². The molecule has 2 atom stereocenters. The minimum atomic E-state index is -1.36. The van der Waals surface area contributed by atoms with Gasteiger partial charge in [-0.05, 0) is 47.5 Å². The van der Waals surface area contributed by atoms with E-state index in [1.807, 2.05) is 0 Å². The summed E-state index contributed by atoms with van der Waals surface area (Å²) in [6.45, 7) is 1.02. The van der Waals surface area contributed by atoms with E-state index in [1.54, 1.807) is 36.4 Å². The summed E-state index contributed by atoms with van der Waals surface area (Å²) in [5.41, 5.74) is 0.576. The van der Waals surface area contributed by atoms with Crippen molar-refractivity contribution in [2.45, 2.75) is 31.6 Å². The zero-order valence-electron chi connectivity index (χ0n) is 15.9. The minimum absolute atomic E-state index is 0.279. The summed E-state index contributed by atoms with van der Waals surface area (Å²) in [5, 5.41) is 2.17. The first kappa shape index (κ1) is 27.8. The monoisotopic (exact) mass is 636 g/mol. The molecule has 0 bridgehead atoms. The summed E-state index contributed by atoms with van der Waals surface area (Å²) >= 11 is 58.3. The van der Waals surface area contributed by atoms with E-state index in [1.165, 1.54) is 0 Å². The number of rotatable bonds is 4. The Morgan fingerprint density at radius 3 is 1.00 bits per heavy atom. The Labute approximate surface area is 236 Å². The predicted molar refractivity (Wildman–Crippen MR) is 138 cm³/mol. The van der Waals surface area contributed by atoms with E-state index < -0.39 is 18.8 Å². The van der Waals surface area contributed by atoms with Crippen LogP contribution in [0.15, 0.2) is 36.4 Å². The van der Waals surface area contributed by atoms with Crippen molar-refractivity contribution in [3.63, 3.8) is 0 Å². The fourth-order valence-corrected chi connectivity index (χ4v) is 5.54. The lowest BCUT2D eigenvalue weighted by atomic mass is 9.97. The molecule has 2 saturated heterocycles. The molecule has 2 unspecified atom stereocenters. The van der Waals surface area contributed by atoms with Gasteiger partial charge in [-0.3, -0.25) is 0 Å². The lowest BCUT2D eigenvalue weighted by Gasteiger charge is -2.18. The Morgan fingerprint density at radius 2 is 0.812 bits per heavy atom. The molecule has 2 aromatic rings. The maximum absolute atomic E-state index is 5.92. The minimum Gasteiger partial charge on any atom is -0.364 e. The maximum atomic E-state index is 5.92. The predicted octanol–water partition coefficient (Wildman–Crippen LogP) is 9.96. The fourth-order valence-electron chi connectivity index (χ4n) is 3.20. The number of hydrogen-bond acceptors (Lipinski definition) is 2. The first-order valence-electron chi connectivity index (χ1n) is 8.96. The van der Waals surface area contributed by atoms with Gasteiger partial charge in [-0.15, -0.1) is 0 Å². The van der Waals surface area contributed by atoms with Crippen molar-refractivity contribution in [3.8, 4) is 0 Å². The first-order chi connectivity index (χ1) is 14.6. The van der Waals surface area contributed by atoms with Gasteiger partial charge in [-0.25, -0.2) is 0 Å². The van der Waals surface area contributed by atoms with Crippen LogP contribution < -0.4 is 0 Å². The van der Waals surface area contributed by atoms with Crippen molar-refractivity contribution < 1.29 is 9.47 Å². The third-order valence-corrected chi connectivity index (χ3v) is 6.41. The molecule has 4 rings (SSSR count). The Balaban J connectivity index is 0.000000181. The normalized spacial score (nSPS) is 24.6. The van der Waals surface area contributed by atoms with Crippen molar-refractivity contribution in [3.05, 3.63) is 67.6 Å². The molecule has 0 aliphatic carbocycles. The Kier molecular flexibility index (Phi) is 8.98. The van der Waals surface area contributed by atoms with Crippen molar-refractivity contribution in [1.82, 2.24) is 0 Å². The fraction of sp³-hybridized carbons (Fsp3) is 0.400. The van der Waals surface area contributed by atoms with Crippen LogP contribution in [0.3, 0.4) is 0 Å². The van der Waals surface area contributed by atoms with Crippen LogP contribution in [0.4, 0.5) is 0 Å². The van der Waals surface area contributed by atoms with Gasteiger partial charge in [0.1, 0.15) is 11.2 Å². The van der Waals surface area contributed by atoms with Gasteiger partial charge < -0.3 is 9.47 Å². The number of hydrogen-bond donors (Lipinski definition) is 0. The van der Waals surface area contributed by atoms with Crippen LogP contribution in [0, 0.1) is 0 Å². The zero-order chi connectivity index (χ0) is 23.9. The number of epoxide rings is 2. The Hall–Kier alpha value is 1.26. The number of halogens is 10. The molecule has 2 aliphatic heterocycles. The van der Waals surface area contributed by atoms with Crippen LogP contribution in [-0.4, -0.2) is 20.8 Å². The van der Waals surface area contributed by atoms with Crippen molar-refractivity contribution in [1.29, 1.82) is 0 Å². The highest BCUT2D eigenvalue weighted by atomic mass is 35.6. The van der Waals surface area contributed by atoms with Crippen molar-refractivity contribution >= 4 is 116 Å². The summed E-state index contributed by atoms with van der Waals surface area (Å²) < 4.78 is 8.08. The van der Waals surface area contributed by atoms with Gasteiger partial charge in [-0.1, -0.05) is 116 Å². The average Bonchev–Trinajstić information content (AvgIpc) is 3.49. The summed E-state index contributed by atoms with van der Waals surface area (Å²) in [6.07, 6.45) is 0.558. The van der Waals surface area contributed by atoms with Gasteiger partial charge >= 0.3 is 0 Å². The number of alkyl halides is 6. The van der Waals surface area contributed by atoms with E-state index in [2.05, 4.69) is 0 Å². The second-order valence-corrected chi connectivity index (χ2v) is 14.2. The highest BCUT2D eigenvalue weighted by Crippen LogP contribution is 2.51. The smallest absolute Gasteiger partial charge is 0.193 e. The molecule has 2 nitrogen and oxygen atoms in total. The first-order valence-corrected chi connectivity index (χ1v) is 12.7. The topological polar surface area (TPSA) is 25.1 Å². The molecule has 0 aromatic heterocycles. The molecule has 0 N–H and O–H groups in total. The van der Waals surface area contributed by atoms with E-state index in [4.69, 9.17) is 125 Å². The SMILES string of the molecule is Clc1cc(Cl)cc(C2(CC(Cl)(Cl)Cl)CO2)c1.Clc1cc(Cl)cc(C2(CC(Cl)(Cl)Cl)CO2)c1. The van der Waals surface area contributed by atoms with E-state index in [0.717, 1.165) is 11.1 Å². The van der Waals surface area contributed by atoms with Crippen molar-refractivity contribution in [2.75, 3.05) is 13.2 Å². The third-order valence-electron chi connectivity index (χ3n) is 4.73. The molecule has 0 saturated carbocycles.